The van der Waals surface area contributed by atoms with Crippen LogP contribution >= 0.6 is 11.6 Å². The molecular weight excluding hydrogens is 444 g/mol. The maximum absolute atomic E-state index is 12.7. The highest BCUT2D eigenvalue weighted by Gasteiger charge is 2.19. The van der Waals surface area contributed by atoms with Gasteiger partial charge in [-0.05, 0) is 60.5 Å². The molecule has 0 aliphatic rings. The lowest BCUT2D eigenvalue weighted by Crippen LogP contribution is -2.08. The van der Waals surface area contributed by atoms with Gasteiger partial charge >= 0.3 is 11.6 Å². The summed E-state index contributed by atoms with van der Waals surface area (Å²) in [7, 11) is 1.53. The molecule has 0 spiro atoms. The van der Waals surface area contributed by atoms with E-state index in [1.54, 1.807) is 54.6 Å². The third-order valence-corrected chi connectivity index (χ3v) is 5.66. The summed E-state index contributed by atoms with van der Waals surface area (Å²) < 4.78 is 22.0. The van der Waals surface area contributed by atoms with E-state index in [0.29, 0.717) is 49.8 Å². The Balaban J connectivity index is 1.52. The molecule has 0 saturated carbocycles. The molecule has 164 valence electrons. The van der Waals surface area contributed by atoms with Gasteiger partial charge in [0.1, 0.15) is 11.3 Å². The average Bonchev–Trinajstić information content (AvgIpc) is 3.25. The second-order valence-electron chi connectivity index (χ2n) is 7.43. The summed E-state index contributed by atoms with van der Waals surface area (Å²) in [6.45, 7) is 1.82. The molecule has 7 heteroatoms. The van der Waals surface area contributed by atoms with E-state index in [4.69, 9.17) is 29.9 Å². The Morgan fingerprint density at radius 2 is 1.76 bits per heavy atom. The van der Waals surface area contributed by atoms with E-state index in [-0.39, 0.29) is 5.76 Å². The number of esters is 1. The van der Waals surface area contributed by atoms with Gasteiger partial charge in [-0.15, -0.1) is 0 Å². The fraction of sp³-hybridized carbons (Fsp3) is 0.0769. The van der Waals surface area contributed by atoms with Crippen LogP contribution in [0.25, 0.3) is 33.1 Å². The SMILES string of the molecule is COc1cccc2cc(C(=O)Oc3ccc4oc(=O)c(-c5ccc(Cl)cc5)c(C)c4c3)oc12. The highest BCUT2D eigenvalue weighted by atomic mass is 35.5. The molecule has 33 heavy (non-hydrogen) atoms. The quantitative estimate of drug-likeness (QED) is 0.175. The molecule has 2 heterocycles. The van der Waals surface area contributed by atoms with Crippen molar-refractivity contribution >= 4 is 39.5 Å². The number of methoxy groups -OCH3 is 1. The van der Waals surface area contributed by atoms with Crippen molar-refractivity contribution < 1.29 is 23.1 Å². The zero-order valence-electron chi connectivity index (χ0n) is 17.7. The van der Waals surface area contributed by atoms with Gasteiger partial charge in [-0.2, -0.15) is 0 Å². The predicted octanol–water partition coefficient (Wildman–Crippen LogP) is 6.40. The van der Waals surface area contributed by atoms with Crippen molar-refractivity contribution in [3.8, 4) is 22.6 Å². The predicted molar refractivity (Wildman–Crippen MR) is 125 cm³/mol. The van der Waals surface area contributed by atoms with Crippen molar-refractivity contribution in [2.45, 2.75) is 6.92 Å². The molecule has 5 aromatic rings. The van der Waals surface area contributed by atoms with Crippen molar-refractivity contribution in [2.75, 3.05) is 7.11 Å². The van der Waals surface area contributed by atoms with Crippen LogP contribution in [0.1, 0.15) is 16.1 Å². The summed E-state index contributed by atoms with van der Waals surface area (Å²) in [6, 6.07) is 18.7. The Morgan fingerprint density at radius 3 is 2.52 bits per heavy atom. The van der Waals surface area contributed by atoms with Crippen LogP contribution in [-0.4, -0.2) is 13.1 Å². The summed E-state index contributed by atoms with van der Waals surface area (Å²) in [5.41, 5.74) is 2.22. The zero-order valence-corrected chi connectivity index (χ0v) is 18.4. The number of para-hydroxylation sites is 1. The molecule has 0 N–H and O–H groups in total. The smallest absolute Gasteiger partial charge is 0.379 e. The minimum atomic E-state index is -0.652. The summed E-state index contributed by atoms with van der Waals surface area (Å²) in [4.78, 5) is 25.4. The van der Waals surface area contributed by atoms with Crippen LogP contribution in [-0.2, 0) is 0 Å². The number of hydrogen-bond donors (Lipinski definition) is 0. The summed E-state index contributed by atoms with van der Waals surface area (Å²) >= 11 is 5.97. The number of carbonyl (C=O) groups is 1. The van der Waals surface area contributed by atoms with E-state index >= 15 is 0 Å². The minimum absolute atomic E-state index is 0.0489. The monoisotopic (exact) mass is 460 g/mol. The van der Waals surface area contributed by atoms with E-state index < -0.39 is 11.6 Å². The third-order valence-electron chi connectivity index (χ3n) is 5.41. The van der Waals surface area contributed by atoms with Gasteiger partial charge in [0.05, 0.1) is 12.7 Å². The number of ether oxygens (including phenoxy) is 2. The van der Waals surface area contributed by atoms with E-state index in [0.717, 1.165) is 5.39 Å². The topological polar surface area (TPSA) is 78.9 Å². The highest BCUT2D eigenvalue weighted by Crippen LogP contribution is 2.31. The molecule has 0 aliphatic carbocycles. The number of rotatable bonds is 4. The van der Waals surface area contributed by atoms with Gasteiger partial charge in [0.15, 0.2) is 11.3 Å². The number of hydrogen-bond acceptors (Lipinski definition) is 6. The molecule has 5 rings (SSSR count). The average molecular weight is 461 g/mol. The van der Waals surface area contributed by atoms with Crippen molar-refractivity contribution in [1.29, 1.82) is 0 Å². The second kappa shape index (κ2) is 8.15. The van der Waals surface area contributed by atoms with Crippen molar-refractivity contribution in [1.82, 2.24) is 0 Å². The maximum Gasteiger partial charge on any atom is 0.379 e. The Kier molecular flexibility index (Phi) is 5.15. The lowest BCUT2D eigenvalue weighted by molar-refractivity contribution is 0.0704. The van der Waals surface area contributed by atoms with Crippen LogP contribution in [0.4, 0.5) is 0 Å². The molecule has 0 atom stereocenters. The van der Waals surface area contributed by atoms with Crippen molar-refractivity contribution in [3.05, 3.63) is 93.5 Å². The number of halogens is 1. The third kappa shape index (κ3) is 3.75. The molecule has 6 nitrogen and oxygen atoms in total. The van der Waals surface area contributed by atoms with Gasteiger partial charge in [0, 0.05) is 15.8 Å². The standard InChI is InChI=1S/C26H17ClO6/c1-14-19-13-18(31-25(28)22-12-16-4-3-5-21(30-2)24(16)32-22)10-11-20(19)33-26(29)23(14)15-6-8-17(27)9-7-15/h3-13H,1-2H3. The van der Waals surface area contributed by atoms with Crippen molar-refractivity contribution in [2.24, 2.45) is 0 Å². The second-order valence-corrected chi connectivity index (χ2v) is 7.87. The van der Waals surface area contributed by atoms with Gasteiger partial charge in [0.2, 0.25) is 5.76 Å². The number of furan rings is 1. The molecule has 0 fully saturated rings. The van der Waals surface area contributed by atoms with E-state index in [2.05, 4.69) is 0 Å². The summed E-state index contributed by atoms with van der Waals surface area (Å²) in [5.74, 6) is 0.213. The Hall–Kier alpha value is -4.03. The molecule has 0 aliphatic heterocycles. The molecule has 0 bridgehead atoms. The van der Waals surface area contributed by atoms with Crippen LogP contribution in [0.15, 0.2) is 80.4 Å². The van der Waals surface area contributed by atoms with E-state index in [9.17, 15) is 9.59 Å². The van der Waals surface area contributed by atoms with Crippen LogP contribution in [0.3, 0.4) is 0 Å². The first-order valence-electron chi connectivity index (χ1n) is 10.1. The Morgan fingerprint density at radius 1 is 0.970 bits per heavy atom. The molecular formula is C26H17ClO6. The van der Waals surface area contributed by atoms with E-state index in [1.165, 1.54) is 7.11 Å². The summed E-state index contributed by atoms with van der Waals surface area (Å²) in [6.07, 6.45) is 0. The minimum Gasteiger partial charge on any atom is -0.493 e. The Bertz CT molecular complexity index is 1580. The summed E-state index contributed by atoms with van der Waals surface area (Å²) in [5, 5.41) is 1.94. The van der Waals surface area contributed by atoms with Crippen LogP contribution < -0.4 is 15.1 Å². The fourth-order valence-corrected chi connectivity index (χ4v) is 3.93. The van der Waals surface area contributed by atoms with Gasteiger partial charge in [0.25, 0.3) is 0 Å². The molecule has 0 saturated heterocycles. The first-order chi connectivity index (χ1) is 15.9. The first-order valence-corrected chi connectivity index (χ1v) is 10.4. The zero-order chi connectivity index (χ0) is 23.1. The van der Waals surface area contributed by atoms with Gasteiger partial charge < -0.3 is 18.3 Å². The van der Waals surface area contributed by atoms with Crippen LogP contribution in [0, 0.1) is 6.92 Å². The van der Waals surface area contributed by atoms with Gasteiger partial charge in [-0.1, -0.05) is 35.9 Å². The maximum atomic E-state index is 12.7. The Labute approximate surface area is 192 Å². The molecule has 2 aromatic heterocycles. The van der Waals surface area contributed by atoms with E-state index in [1.807, 2.05) is 19.1 Å². The number of aryl methyl sites for hydroxylation is 1. The molecule has 0 unspecified atom stereocenters. The first kappa shape index (κ1) is 20.8. The largest absolute Gasteiger partial charge is 0.493 e. The lowest BCUT2D eigenvalue weighted by atomic mass is 9.99. The van der Waals surface area contributed by atoms with Crippen LogP contribution in [0.5, 0.6) is 11.5 Å². The number of carbonyl (C=O) groups excluding carboxylic acids is 1. The van der Waals surface area contributed by atoms with Gasteiger partial charge in [-0.25, -0.2) is 9.59 Å². The number of benzene rings is 3. The number of fused-ring (bicyclic) bond motifs is 2. The molecule has 3 aromatic carbocycles. The van der Waals surface area contributed by atoms with Gasteiger partial charge in [-0.3, -0.25) is 0 Å². The molecule has 0 radical (unpaired) electrons. The van der Waals surface area contributed by atoms with Crippen LogP contribution in [0.2, 0.25) is 5.02 Å². The lowest BCUT2D eigenvalue weighted by Gasteiger charge is -2.09. The fourth-order valence-electron chi connectivity index (χ4n) is 3.80. The highest BCUT2D eigenvalue weighted by molar-refractivity contribution is 6.30. The normalized spacial score (nSPS) is 11.1. The molecule has 0 amide bonds. The van der Waals surface area contributed by atoms with Crippen molar-refractivity contribution in [3.63, 3.8) is 0 Å².